The van der Waals surface area contributed by atoms with Gasteiger partial charge in [-0.15, -0.1) is 0 Å². The smallest absolute Gasteiger partial charge is 0.328 e. The van der Waals surface area contributed by atoms with E-state index in [0.29, 0.717) is 11.7 Å². The maximum absolute atomic E-state index is 11.6. The Morgan fingerprint density at radius 1 is 1.33 bits per heavy atom. The molecule has 0 atom stereocenters. The second kappa shape index (κ2) is 4.42. The number of hydrogen-bond donors (Lipinski definition) is 2. The number of nitrogens with zero attached hydrogens (tertiary/aromatic N) is 1. The summed E-state index contributed by atoms with van der Waals surface area (Å²) in [5, 5.41) is 5.93. The van der Waals surface area contributed by atoms with Crippen LogP contribution in [0.3, 0.4) is 0 Å². The van der Waals surface area contributed by atoms with Crippen molar-refractivity contribution in [3.05, 3.63) is 29.8 Å². The Balaban J connectivity index is 1.76. The topological polar surface area (TPSA) is 61.4 Å². The zero-order valence-corrected chi connectivity index (χ0v) is 9.98. The van der Waals surface area contributed by atoms with Crippen LogP contribution in [0.2, 0.25) is 0 Å². The zero-order valence-electron chi connectivity index (χ0n) is 9.98. The van der Waals surface area contributed by atoms with Gasteiger partial charge >= 0.3 is 6.03 Å². The molecule has 3 rings (SSSR count). The molecule has 5 heteroatoms. The van der Waals surface area contributed by atoms with Crippen LogP contribution >= 0.6 is 0 Å². The molecule has 0 radical (unpaired) electrons. The van der Waals surface area contributed by atoms with Gasteiger partial charge in [0.05, 0.1) is 12.2 Å². The number of imide groups is 1. The van der Waals surface area contributed by atoms with Gasteiger partial charge in [-0.25, -0.2) is 9.69 Å². The third-order valence-electron chi connectivity index (χ3n) is 3.18. The Labute approximate surface area is 105 Å². The highest BCUT2D eigenvalue weighted by Crippen LogP contribution is 2.21. The maximum atomic E-state index is 11.6. The first-order chi connectivity index (χ1) is 8.74. The molecule has 2 fully saturated rings. The lowest BCUT2D eigenvalue weighted by molar-refractivity contribution is -0.115. The second-order valence-electron chi connectivity index (χ2n) is 4.71. The highest BCUT2D eigenvalue weighted by molar-refractivity contribution is 6.19. The highest BCUT2D eigenvalue weighted by Gasteiger charge is 2.30. The van der Waals surface area contributed by atoms with Crippen LogP contribution in [-0.2, 0) is 11.3 Å². The van der Waals surface area contributed by atoms with Gasteiger partial charge in [-0.05, 0) is 30.5 Å². The minimum absolute atomic E-state index is 0.0867. The van der Waals surface area contributed by atoms with E-state index < -0.39 is 0 Å². The number of carbonyl (C=O) groups excluding carboxylic acids is 2. The third kappa shape index (κ3) is 2.22. The summed E-state index contributed by atoms with van der Waals surface area (Å²) in [7, 11) is 0. The second-order valence-corrected chi connectivity index (χ2v) is 4.71. The molecule has 5 nitrogen and oxygen atoms in total. The monoisotopic (exact) mass is 245 g/mol. The van der Waals surface area contributed by atoms with Crippen molar-refractivity contribution in [3.8, 4) is 0 Å². The molecule has 0 spiro atoms. The first-order valence-corrected chi connectivity index (χ1v) is 6.17. The fraction of sp³-hybridized carbons (Fsp3) is 0.385. The summed E-state index contributed by atoms with van der Waals surface area (Å²) >= 11 is 0. The molecule has 1 heterocycles. The lowest BCUT2D eigenvalue weighted by atomic mass is 10.2. The molecule has 94 valence electrons. The largest absolute Gasteiger partial charge is 0.329 e. The third-order valence-corrected chi connectivity index (χ3v) is 3.18. The number of benzene rings is 1. The Morgan fingerprint density at radius 2 is 2.17 bits per heavy atom. The maximum Gasteiger partial charge on any atom is 0.329 e. The summed E-state index contributed by atoms with van der Waals surface area (Å²) in [6.07, 6.45) is 2.49. The molecule has 1 saturated carbocycles. The molecule has 18 heavy (non-hydrogen) atoms. The fourth-order valence-electron chi connectivity index (χ4n) is 2.04. The summed E-state index contributed by atoms with van der Waals surface area (Å²) in [5.74, 6) is -0.202. The lowest BCUT2D eigenvalue weighted by Gasteiger charge is -2.13. The summed E-state index contributed by atoms with van der Waals surface area (Å²) < 4.78 is 0. The number of amides is 3. The van der Waals surface area contributed by atoms with E-state index in [1.54, 1.807) is 6.07 Å². The van der Waals surface area contributed by atoms with Gasteiger partial charge in [0.2, 0.25) is 0 Å². The number of anilines is 1. The highest BCUT2D eigenvalue weighted by atomic mass is 16.2. The van der Waals surface area contributed by atoms with Crippen molar-refractivity contribution in [1.29, 1.82) is 0 Å². The molecular formula is C13H15N3O2. The molecule has 1 aromatic carbocycles. The van der Waals surface area contributed by atoms with Gasteiger partial charge in [0.25, 0.3) is 5.91 Å². The normalized spacial score (nSPS) is 19.2. The first kappa shape index (κ1) is 11.2. The minimum atomic E-state index is -0.340. The molecule has 1 saturated heterocycles. The standard InChI is InChI=1S/C13H15N3O2/c17-12-8-15-13(18)16(12)11-3-1-2-9(6-11)7-14-10-4-5-10/h1-3,6,10,14H,4-5,7-8H2,(H,15,18). The van der Waals surface area contributed by atoms with E-state index >= 15 is 0 Å². The predicted octanol–water partition coefficient (Wildman–Crippen LogP) is 0.995. The van der Waals surface area contributed by atoms with E-state index in [1.807, 2.05) is 18.2 Å². The van der Waals surface area contributed by atoms with Crippen LogP contribution in [0, 0.1) is 0 Å². The molecule has 0 unspecified atom stereocenters. The molecule has 1 aliphatic carbocycles. The van der Waals surface area contributed by atoms with Crippen LogP contribution in [0.15, 0.2) is 24.3 Å². The van der Waals surface area contributed by atoms with Gasteiger partial charge in [0.1, 0.15) is 0 Å². The number of rotatable bonds is 4. The average Bonchev–Trinajstić information content (AvgIpc) is 3.13. The van der Waals surface area contributed by atoms with Crippen LogP contribution < -0.4 is 15.5 Å². The summed E-state index contributed by atoms with van der Waals surface area (Å²) in [5.41, 5.74) is 1.73. The molecule has 1 aliphatic heterocycles. The van der Waals surface area contributed by atoms with Crippen molar-refractivity contribution in [3.63, 3.8) is 0 Å². The number of nitrogens with one attached hydrogen (secondary N) is 2. The number of hydrogen-bond acceptors (Lipinski definition) is 3. The SMILES string of the molecule is O=C1CNC(=O)N1c1cccc(CNC2CC2)c1. The Morgan fingerprint density at radius 3 is 2.83 bits per heavy atom. The van der Waals surface area contributed by atoms with E-state index in [-0.39, 0.29) is 18.5 Å². The molecule has 0 bridgehead atoms. The van der Waals surface area contributed by atoms with E-state index in [1.165, 1.54) is 17.7 Å². The average molecular weight is 245 g/mol. The van der Waals surface area contributed by atoms with E-state index in [9.17, 15) is 9.59 Å². The van der Waals surface area contributed by atoms with Crippen molar-refractivity contribution in [2.75, 3.05) is 11.4 Å². The molecule has 2 N–H and O–H groups in total. The molecule has 0 aromatic heterocycles. The van der Waals surface area contributed by atoms with Gasteiger partial charge in [0, 0.05) is 12.6 Å². The molecule has 3 amide bonds. The van der Waals surface area contributed by atoms with Crippen molar-refractivity contribution in [2.24, 2.45) is 0 Å². The molecule has 1 aromatic rings. The van der Waals surface area contributed by atoms with Crippen molar-refractivity contribution in [2.45, 2.75) is 25.4 Å². The number of carbonyl (C=O) groups is 2. The summed E-state index contributed by atoms with van der Waals surface area (Å²) in [4.78, 5) is 24.3. The van der Waals surface area contributed by atoms with Gasteiger partial charge in [-0.2, -0.15) is 0 Å². The van der Waals surface area contributed by atoms with Crippen LogP contribution in [-0.4, -0.2) is 24.5 Å². The van der Waals surface area contributed by atoms with Gasteiger partial charge in [-0.1, -0.05) is 12.1 Å². The fourth-order valence-corrected chi connectivity index (χ4v) is 2.04. The zero-order chi connectivity index (χ0) is 12.5. The number of urea groups is 1. The Hall–Kier alpha value is -1.88. The molecular weight excluding hydrogens is 230 g/mol. The molecule has 2 aliphatic rings. The summed E-state index contributed by atoms with van der Waals surface area (Å²) in [6, 6.07) is 7.84. The Bertz CT molecular complexity index is 481. The van der Waals surface area contributed by atoms with E-state index in [2.05, 4.69) is 10.6 Å². The van der Waals surface area contributed by atoms with Crippen LogP contribution in [0.25, 0.3) is 0 Å². The van der Waals surface area contributed by atoms with E-state index in [0.717, 1.165) is 12.1 Å². The van der Waals surface area contributed by atoms with Gasteiger partial charge in [0.15, 0.2) is 0 Å². The van der Waals surface area contributed by atoms with Crippen LogP contribution in [0.1, 0.15) is 18.4 Å². The van der Waals surface area contributed by atoms with E-state index in [4.69, 9.17) is 0 Å². The van der Waals surface area contributed by atoms with Crippen LogP contribution in [0.4, 0.5) is 10.5 Å². The summed E-state index contributed by atoms with van der Waals surface area (Å²) in [6.45, 7) is 0.867. The first-order valence-electron chi connectivity index (χ1n) is 6.17. The van der Waals surface area contributed by atoms with Crippen molar-refractivity contribution in [1.82, 2.24) is 10.6 Å². The van der Waals surface area contributed by atoms with Gasteiger partial charge in [-0.3, -0.25) is 4.79 Å². The van der Waals surface area contributed by atoms with Gasteiger partial charge < -0.3 is 10.6 Å². The minimum Gasteiger partial charge on any atom is -0.328 e. The Kier molecular flexibility index (Phi) is 2.76. The van der Waals surface area contributed by atoms with Crippen LogP contribution in [0.5, 0.6) is 0 Å². The van der Waals surface area contributed by atoms with Crippen molar-refractivity contribution < 1.29 is 9.59 Å². The quantitative estimate of drug-likeness (QED) is 0.778. The van der Waals surface area contributed by atoms with Crippen molar-refractivity contribution >= 4 is 17.6 Å². The predicted molar refractivity (Wildman–Crippen MR) is 67.2 cm³/mol. The lowest BCUT2D eigenvalue weighted by Crippen LogP contribution is -2.30.